The second-order valence-corrected chi connectivity index (χ2v) is 7.75. The van der Waals surface area contributed by atoms with Gasteiger partial charge in [-0.05, 0) is 43.4 Å². The zero-order chi connectivity index (χ0) is 15.5. The number of ether oxygens (including phenoxy) is 1. The highest BCUT2D eigenvalue weighted by molar-refractivity contribution is 8.13. The van der Waals surface area contributed by atoms with Crippen LogP contribution in [0.15, 0.2) is 23.1 Å². The number of rotatable bonds is 7. The minimum atomic E-state index is -3.84. The van der Waals surface area contributed by atoms with Gasteiger partial charge in [-0.3, -0.25) is 4.79 Å². The fourth-order valence-electron chi connectivity index (χ4n) is 1.86. The van der Waals surface area contributed by atoms with Crippen LogP contribution >= 0.6 is 10.7 Å². The molecule has 0 radical (unpaired) electrons. The van der Waals surface area contributed by atoms with Crippen molar-refractivity contribution in [3.63, 3.8) is 0 Å². The van der Waals surface area contributed by atoms with Gasteiger partial charge in [-0.25, -0.2) is 8.42 Å². The van der Waals surface area contributed by atoms with Crippen LogP contribution in [0, 0.1) is 12.8 Å². The lowest BCUT2D eigenvalue weighted by Gasteiger charge is -2.09. The fourth-order valence-corrected chi connectivity index (χ4v) is 2.64. The Bertz CT molecular complexity index is 626. The van der Waals surface area contributed by atoms with Gasteiger partial charge in [0.1, 0.15) is 0 Å². The summed E-state index contributed by atoms with van der Waals surface area (Å²) < 4.78 is 28.0. The predicted molar refractivity (Wildman–Crippen MR) is 80.1 cm³/mol. The molecule has 0 spiro atoms. The number of nitrogens with one attached hydrogen (secondary N) is 1. The van der Waals surface area contributed by atoms with Crippen LogP contribution in [0.5, 0.6) is 0 Å². The molecule has 0 bridgehead atoms. The molecular formula is C14H18ClNO4S. The van der Waals surface area contributed by atoms with Crippen LogP contribution in [0.25, 0.3) is 0 Å². The number of amides is 1. The van der Waals surface area contributed by atoms with Crippen molar-refractivity contribution >= 4 is 25.6 Å². The van der Waals surface area contributed by atoms with Gasteiger partial charge in [-0.15, -0.1) is 0 Å². The minimum absolute atomic E-state index is 0.0788. The van der Waals surface area contributed by atoms with Crippen molar-refractivity contribution in [2.45, 2.75) is 24.7 Å². The number of benzene rings is 1. The third-order valence-corrected chi connectivity index (χ3v) is 4.67. The summed E-state index contributed by atoms with van der Waals surface area (Å²) in [5, 5.41) is 2.71. The average Bonchev–Trinajstić information content (AvgIpc) is 3.21. The Morgan fingerprint density at radius 2 is 2.14 bits per heavy atom. The molecule has 0 aliphatic heterocycles. The van der Waals surface area contributed by atoms with E-state index in [1.54, 1.807) is 13.0 Å². The topological polar surface area (TPSA) is 72.5 Å². The SMILES string of the molecule is Cc1ccc(S(=O)(=O)Cl)cc1C(=O)NCCOCC1CC1. The van der Waals surface area contributed by atoms with E-state index in [0.717, 1.165) is 6.61 Å². The van der Waals surface area contributed by atoms with E-state index in [1.165, 1.54) is 25.0 Å². The van der Waals surface area contributed by atoms with Gasteiger partial charge in [0, 0.05) is 29.4 Å². The van der Waals surface area contributed by atoms with Gasteiger partial charge < -0.3 is 10.1 Å². The summed E-state index contributed by atoms with van der Waals surface area (Å²) in [6, 6.07) is 4.24. The third kappa shape index (κ3) is 4.98. The Hall–Kier alpha value is -1.11. The van der Waals surface area contributed by atoms with Gasteiger partial charge in [0.15, 0.2) is 0 Å². The quantitative estimate of drug-likeness (QED) is 0.613. The standard InChI is InChI=1S/C14H18ClNO4S/c1-10-2-5-12(21(15,18)19)8-13(10)14(17)16-6-7-20-9-11-3-4-11/h2,5,8,11H,3-4,6-7,9H2,1H3,(H,16,17). The van der Waals surface area contributed by atoms with E-state index in [9.17, 15) is 13.2 Å². The zero-order valence-electron chi connectivity index (χ0n) is 11.8. The van der Waals surface area contributed by atoms with Crippen molar-refractivity contribution in [2.75, 3.05) is 19.8 Å². The maximum atomic E-state index is 12.0. The molecule has 0 atom stereocenters. The normalized spacial score (nSPS) is 15.0. The molecule has 0 heterocycles. The minimum Gasteiger partial charge on any atom is -0.379 e. The maximum Gasteiger partial charge on any atom is 0.261 e. The number of aryl methyl sites for hydroxylation is 1. The lowest BCUT2D eigenvalue weighted by molar-refractivity contribution is 0.0906. The van der Waals surface area contributed by atoms with Crippen molar-refractivity contribution in [3.05, 3.63) is 29.3 Å². The van der Waals surface area contributed by atoms with E-state index >= 15 is 0 Å². The summed E-state index contributed by atoms with van der Waals surface area (Å²) in [6.07, 6.45) is 2.45. The molecule has 1 aliphatic rings. The van der Waals surface area contributed by atoms with E-state index in [0.29, 0.717) is 30.2 Å². The van der Waals surface area contributed by atoms with Crippen molar-refractivity contribution < 1.29 is 17.9 Å². The lowest BCUT2D eigenvalue weighted by atomic mass is 10.1. The molecule has 1 aliphatic carbocycles. The average molecular weight is 332 g/mol. The van der Waals surface area contributed by atoms with Gasteiger partial charge in [-0.1, -0.05) is 6.07 Å². The molecule has 116 valence electrons. The van der Waals surface area contributed by atoms with Crippen LogP contribution in [0.2, 0.25) is 0 Å². The first-order valence-corrected chi connectivity index (χ1v) is 9.10. The molecule has 7 heteroatoms. The monoisotopic (exact) mass is 331 g/mol. The lowest BCUT2D eigenvalue weighted by Crippen LogP contribution is -2.28. The van der Waals surface area contributed by atoms with Gasteiger partial charge in [0.05, 0.1) is 11.5 Å². The van der Waals surface area contributed by atoms with Gasteiger partial charge >= 0.3 is 0 Å². The molecule has 1 aromatic carbocycles. The largest absolute Gasteiger partial charge is 0.379 e. The molecule has 0 aromatic heterocycles. The van der Waals surface area contributed by atoms with Gasteiger partial charge in [0.25, 0.3) is 15.0 Å². The molecular weight excluding hydrogens is 314 g/mol. The van der Waals surface area contributed by atoms with E-state index < -0.39 is 9.05 Å². The highest BCUT2D eigenvalue weighted by atomic mass is 35.7. The Morgan fingerprint density at radius 1 is 1.43 bits per heavy atom. The summed E-state index contributed by atoms with van der Waals surface area (Å²) in [7, 11) is 1.45. The van der Waals surface area contributed by atoms with E-state index in [2.05, 4.69) is 5.32 Å². The van der Waals surface area contributed by atoms with E-state index in [4.69, 9.17) is 15.4 Å². The summed E-state index contributed by atoms with van der Waals surface area (Å²) in [6.45, 7) is 3.33. The highest BCUT2D eigenvalue weighted by Crippen LogP contribution is 2.28. The highest BCUT2D eigenvalue weighted by Gasteiger charge is 2.21. The summed E-state index contributed by atoms with van der Waals surface area (Å²) in [5.74, 6) is 0.359. The predicted octanol–water partition coefficient (Wildman–Crippen LogP) is 2.08. The summed E-state index contributed by atoms with van der Waals surface area (Å²) in [4.78, 5) is 12.0. The molecule has 1 amide bonds. The van der Waals surface area contributed by atoms with Crippen LogP contribution < -0.4 is 5.32 Å². The second kappa shape index (κ2) is 6.77. The molecule has 1 N–H and O–H groups in total. The van der Waals surface area contributed by atoms with E-state index in [-0.39, 0.29) is 10.8 Å². The third-order valence-electron chi connectivity index (χ3n) is 3.32. The molecule has 1 fully saturated rings. The number of carbonyl (C=O) groups excluding carboxylic acids is 1. The van der Waals surface area contributed by atoms with Crippen LogP contribution in [0.4, 0.5) is 0 Å². The number of hydrogen-bond donors (Lipinski definition) is 1. The number of halogens is 1. The second-order valence-electron chi connectivity index (χ2n) is 5.19. The molecule has 1 saturated carbocycles. The first-order valence-electron chi connectivity index (χ1n) is 6.79. The molecule has 2 rings (SSSR count). The maximum absolute atomic E-state index is 12.0. The van der Waals surface area contributed by atoms with Crippen molar-refractivity contribution in [1.29, 1.82) is 0 Å². The number of hydrogen-bond acceptors (Lipinski definition) is 4. The van der Waals surface area contributed by atoms with Crippen molar-refractivity contribution in [3.8, 4) is 0 Å². The Labute approximate surface area is 129 Å². The van der Waals surface area contributed by atoms with Crippen LogP contribution in [0.3, 0.4) is 0 Å². The van der Waals surface area contributed by atoms with Gasteiger partial charge in [0.2, 0.25) is 0 Å². The molecule has 0 unspecified atom stereocenters. The number of carbonyl (C=O) groups is 1. The smallest absolute Gasteiger partial charge is 0.261 e. The molecule has 5 nitrogen and oxygen atoms in total. The summed E-state index contributed by atoms with van der Waals surface area (Å²) in [5.41, 5.74) is 0.995. The first-order chi connectivity index (χ1) is 9.88. The van der Waals surface area contributed by atoms with Crippen LogP contribution in [-0.2, 0) is 13.8 Å². The first kappa shape index (κ1) is 16.3. The van der Waals surface area contributed by atoms with Crippen molar-refractivity contribution in [2.24, 2.45) is 5.92 Å². The molecule has 0 saturated heterocycles. The van der Waals surface area contributed by atoms with E-state index in [1.807, 2.05) is 0 Å². The van der Waals surface area contributed by atoms with Gasteiger partial charge in [-0.2, -0.15) is 0 Å². The van der Waals surface area contributed by atoms with Crippen molar-refractivity contribution in [1.82, 2.24) is 5.32 Å². The Kier molecular flexibility index (Phi) is 5.24. The molecule has 1 aromatic rings. The van der Waals surface area contributed by atoms with Crippen LogP contribution in [-0.4, -0.2) is 34.1 Å². The zero-order valence-corrected chi connectivity index (χ0v) is 13.3. The van der Waals surface area contributed by atoms with Crippen LogP contribution in [0.1, 0.15) is 28.8 Å². The Morgan fingerprint density at radius 3 is 2.76 bits per heavy atom. The summed E-state index contributed by atoms with van der Waals surface area (Å²) >= 11 is 0. The molecule has 21 heavy (non-hydrogen) atoms. The Balaban J connectivity index is 1.91. The fraction of sp³-hybridized carbons (Fsp3) is 0.500.